The lowest BCUT2D eigenvalue weighted by Crippen LogP contribution is -2.50. The monoisotopic (exact) mass is 394 g/mol. The van der Waals surface area contributed by atoms with E-state index in [1.54, 1.807) is 41.2 Å². The second-order valence-corrected chi connectivity index (χ2v) is 8.24. The highest BCUT2D eigenvalue weighted by atomic mass is 32.2. The lowest BCUT2D eigenvalue weighted by atomic mass is 10.3. The smallest absolute Gasteiger partial charge is 0.409 e. The molecule has 0 saturated carbocycles. The Morgan fingerprint density at radius 2 is 1.96 bits per heavy atom. The van der Waals surface area contributed by atoms with Crippen LogP contribution in [0.5, 0.6) is 0 Å². The van der Waals surface area contributed by atoms with Crippen LogP contribution in [-0.4, -0.2) is 70.3 Å². The first-order chi connectivity index (χ1) is 12.6. The SMILES string of the molecule is CCOC(=O)N1CCN(C(=O)CCSc2ncnc3sc(C)cc23)CC1. The molecule has 0 N–H and O–H groups in total. The summed E-state index contributed by atoms with van der Waals surface area (Å²) in [7, 11) is 0. The highest BCUT2D eigenvalue weighted by Crippen LogP contribution is 2.30. The van der Waals surface area contributed by atoms with Crippen molar-refractivity contribution >= 4 is 45.3 Å². The zero-order valence-electron chi connectivity index (χ0n) is 14.9. The molecule has 0 aromatic carbocycles. The molecule has 2 aromatic heterocycles. The Hall–Kier alpha value is -1.87. The minimum atomic E-state index is -0.297. The van der Waals surface area contributed by atoms with E-state index in [2.05, 4.69) is 23.0 Å². The molecule has 1 saturated heterocycles. The van der Waals surface area contributed by atoms with Crippen LogP contribution in [-0.2, 0) is 9.53 Å². The first-order valence-corrected chi connectivity index (χ1v) is 10.4. The van der Waals surface area contributed by atoms with Gasteiger partial charge in [0, 0.05) is 48.6 Å². The maximum Gasteiger partial charge on any atom is 0.409 e. The number of nitrogens with zero attached hydrogens (tertiary/aromatic N) is 4. The maximum atomic E-state index is 12.4. The molecule has 0 atom stereocenters. The van der Waals surface area contributed by atoms with Crippen LogP contribution >= 0.6 is 23.1 Å². The zero-order chi connectivity index (χ0) is 18.5. The Bertz CT molecular complexity index is 787. The lowest BCUT2D eigenvalue weighted by molar-refractivity contribution is -0.132. The van der Waals surface area contributed by atoms with E-state index in [-0.39, 0.29) is 12.0 Å². The molecule has 2 aromatic rings. The molecular formula is C17H22N4O3S2. The van der Waals surface area contributed by atoms with Crippen molar-refractivity contribution in [2.45, 2.75) is 25.3 Å². The summed E-state index contributed by atoms with van der Waals surface area (Å²) in [6.45, 7) is 6.39. The quantitative estimate of drug-likeness (QED) is 0.573. The Labute approximate surface area is 160 Å². The van der Waals surface area contributed by atoms with E-state index in [0.717, 1.165) is 15.2 Å². The van der Waals surface area contributed by atoms with E-state index in [9.17, 15) is 9.59 Å². The summed E-state index contributed by atoms with van der Waals surface area (Å²) in [5.74, 6) is 0.797. The predicted octanol–water partition coefficient (Wildman–Crippen LogP) is 2.78. The standard InChI is InChI=1S/C17H22N4O3S2/c1-3-24-17(23)21-7-5-20(6-8-21)14(22)4-9-25-15-13-10-12(2)26-16(13)19-11-18-15/h10-11H,3-9H2,1-2H3. The van der Waals surface area contributed by atoms with Gasteiger partial charge in [-0.25, -0.2) is 14.8 Å². The van der Waals surface area contributed by atoms with Crippen LogP contribution in [0, 0.1) is 6.92 Å². The van der Waals surface area contributed by atoms with Crippen LogP contribution < -0.4 is 0 Å². The number of amides is 2. The Morgan fingerprint density at radius 1 is 1.23 bits per heavy atom. The van der Waals surface area contributed by atoms with Crippen LogP contribution in [0.15, 0.2) is 17.4 Å². The fourth-order valence-electron chi connectivity index (χ4n) is 2.82. The third-order valence-corrected chi connectivity index (χ3v) is 6.09. The van der Waals surface area contributed by atoms with E-state index < -0.39 is 0 Å². The van der Waals surface area contributed by atoms with Crippen LogP contribution in [0.25, 0.3) is 10.2 Å². The molecule has 1 fully saturated rings. The number of aryl methyl sites for hydroxylation is 1. The van der Waals surface area contributed by atoms with Crippen LogP contribution in [0.4, 0.5) is 4.79 Å². The lowest BCUT2D eigenvalue weighted by Gasteiger charge is -2.34. The second kappa shape index (κ2) is 8.68. The van der Waals surface area contributed by atoms with Gasteiger partial charge in [-0.05, 0) is 19.9 Å². The summed E-state index contributed by atoms with van der Waals surface area (Å²) in [5.41, 5.74) is 0. The third kappa shape index (κ3) is 4.45. The molecule has 9 heteroatoms. The highest BCUT2D eigenvalue weighted by molar-refractivity contribution is 7.99. The molecule has 0 aliphatic carbocycles. The van der Waals surface area contributed by atoms with Crippen molar-refractivity contribution < 1.29 is 14.3 Å². The van der Waals surface area contributed by atoms with Gasteiger partial charge in [-0.15, -0.1) is 23.1 Å². The molecule has 26 heavy (non-hydrogen) atoms. The van der Waals surface area contributed by atoms with Gasteiger partial charge in [0.25, 0.3) is 0 Å². The number of rotatable bonds is 5. The Morgan fingerprint density at radius 3 is 2.69 bits per heavy atom. The molecule has 1 aliphatic heterocycles. The number of ether oxygens (including phenoxy) is 1. The number of carbonyl (C=O) groups is 2. The van der Waals surface area contributed by atoms with Gasteiger partial charge < -0.3 is 14.5 Å². The van der Waals surface area contributed by atoms with E-state index >= 15 is 0 Å². The van der Waals surface area contributed by atoms with Crippen molar-refractivity contribution in [1.29, 1.82) is 0 Å². The number of aromatic nitrogens is 2. The van der Waals surface area contributed by atoms with Gasteiger partial charge >= 0.3 is 6.09 Å². The van der Waals surface area contributed by atoms with Gasteiger partial charge in [0.1, 0.15) is 16.2 Å². The van der Waals surface area contributed by atoms with Gasteiger partial charge in [0.05, 0.1) is 6.61 Å². The molecular weight excluding hydrogens is 372 g/mol. The van der Waals surface area contributed by atoms with Gasteiger partial charge in [-0.2, -0.15) is 0 Å². The topological polar surface area (TPSA) is 75.6 Å². The number of hydrogen-bond donors (Lipinski definition) is 0. The average Bonchev–Trinajstić information content (AvgIpc) is 3.03. The number of hydrogen-bond acceptors (Lipinski definition) is 7. The Kier molecular flexibility index (Phi) is 6.31. The second-order valence-electron chi connectivity index (χ2n) is 5.92. The average molecular weight is 395 g/mol. The van der Waals surface area contributed by atoms with Crippen molar-refractivity contribution in [3.05, 3.63) is 17.3 Å². The first kappa shape index (κ1) is 18.9. The Balaban J connectivity index is 1.47. The molecule has 0 bridgehead atoms. The minimum absolute atomic E-state index is 0.118. The molecule has 0 radical (unpaired) electrons. The van der Waals surface area contributed by atoms with Crippen molar-refractivity contribution in [3.8, 4) is 0 Å². The summed E-state index contributed by atoms with van der Waals surface area (Å²) < 4.78 is 5.00. The molecule has 140 valence electrons. The van der Waals surface area contributed by atoms with Crippen LogP contribution in [0.3, 0.4) is 0 Å². The van der Waals surface area contributed by atoms with Crippen molar-refractivity contribution in [3.63, 3.8) is 0 Å². The number of carbonyl (C=O) groups excluding carboxylic acids is 2. The third-order valence-electron chi connectivity index (χ3n) is 4.13. The number of thiophene rings is 1. The molecule has 2 amide bonds. The summed E-state index contributed by atoms with van der Waals surface area (Å²) in [6, 6.07) is 2.10. The maximum absolute atomic E-state index is 12.4. The summed E-state index contributed by atoms with van der Waals surface area (Å²) in [4.78, 5) is 38.4. The zero-order valence-corrected chi connectivity index (χ0v) is 16.6. The van der Waals surface area contributed by atoms with Crippen LogP contribution in [0.2, 0.25) is 0 Å². The largest absolute Gasteiger partial charge is 0.450 e. The van der Waals surface area contributed by atoms with Crippen molar-refractivity contribution in [2.75, 3.05) is 38.5 Å². The van der Waals surface area contributed by atoms with Gasteiger partial charge in [0.2, 0.25) is 5.91 Å². The summed E-state index contributed by atoms with van der Waals surface area (Å²) in [5, 5.41) is 2.00. The highest BCUT2D eigenvalue weighted by Gasteiger charge is 2.24. The number of fused-ring (bicyclic) bond motifs is 1. The fraction of sp³-hybridized carbons (Fsp3) is 0.529. The molecule has 3 heterocycles. The number of thioether (sulfide) groups is 1. The molecule has 7 nitrogen and oxygen atoms in total. The van der Waals surface area contributed by atoms with E-state index in [4.69, 9.17) is 4.74 Å². The molecule has 1 aliphatic rings. The molecule has 0 unspecified atom stereocenters. The first-order valence-electron chi connectivity index (χ1n) is 8.62. The van der Waals surface area contributed by atoms with Gasteiger partial charge in [-0.1, -0.05) is 0 Å². The summed E-state index contributed by atoms with van der Waals surface area (Å²) >= 11 is 3.24. The van der Waals surface area contributed by atoms with Crippen molar-refractivity contribution in [2.24, 2.45) is 0 Å². The van der Waals surface area contributed by atoms with E-state index in [0.29, 0.717) is 45.0 Å². The van der Waals surface area contributed by atoms with E-state index in [1.807, 2.05) is 4.90 Å². The predicted molar refractivity (Wildman–Crippen MR) is 103 cm³/mol. The minimum Gasteiger partial charge on any atom is -0.450 e. The van der Waals surface area contributed by atoms with E-state index in [1.165, 1.54) is 4.88 Å². The molecule has 3 rings (SSSR count). The summed E-state index contributed by atoms with van der Waals surface area (Å²) in [6.07, 6.45) is 1.74. The van der Waals surface area contributed by atoms with Crippen molar-refractivity contribution in [1.82, 2.24) is 19.8 Å². The van der Waals surface area contributed by atoms with Gasteiger partial charge in [0.15, 0.2) is 0 Å². The fourth-order valence-corrected chi connectivity index (χ4v) is 4.63. The number of piperazine rings is 1. The van der Waals surface area contributed by atoms with Crippen LogP contribution in [0.1, 0.15) is 18.2 Å². The molecule has 0 spiro atoms. The normalized spacial score (nSPS) is 14.7. The van der Waals surface area contributed by atoms with Gasteiger partial charge in [-0.3, -0.25) is 4.79 Å².